The fourth-order valence-corrected chi connectivity index (χ4v) is 1.15. The first-order valence-electron chi connectivity index (χ1n) is 5.29. The van der Waals surface area contributed by atoms with Gasteiger partial charge in [-0.25, -0.2) is 4.79 Å². The summed E-state index contributed by atoms with van der Waals surface area (Å²) in [5.74, 6) is -0.543. The zero-order valence-electron chi connectivity index (χ0n) is 10.4. The number of hydrogen-bond acceptors (Lipinski definition) is 4. The fraction of sp³-hybridized carbons (Fsp3) is 0.385. The van der Waals surface area contributed by atoms with E-state index in [9.17, 15) is 9.59 Å². The standard InChI is InChI=1S/C13H16O4/c1-9(14)11(8-10-6-5-7-16-10)12(15)17-13(2,3)4/h5-8H,1-4H3. The van der Waals surface area contributed by atoms with Crippen LogP contribution in [0, 0.1) is 0 Å². The van der Waals surface area contributed by atoms with E-state index in [-0.39, 0.29) is 11.4 Å². The van der Waals surface area contributed by atoms with E-state index < -0.39 is 11.6 Å². The Kier molecular flexibility index (Phi) is 3.89. The predicted octanol–water partition coefficient (Wildman–Crippen LogP) is 2.59. The van der Waals surface area contributed by atoms with Crippen molar-refractivity contribution in [1.29, 1.82) is 0 Å². The summed E-state index contributed by atoms with van der Waals surface area (Å²) in [6.07, 6.45) is 2.86. The van der Waals surface area contributed by atoms with Crippen LogP contribution in [0.25, 0.3) is 6.08 Å². The predicted molar refractivity (Wildman–Crippen MR) is 63.2 cm³/mol. The third-order valence-corrected chi connectivity index (χ3v) is 1.83. The molecule has 0 fully saturated rings. The van der Waals surface area contributed by atoms with Gasteiger partial charge in [0.05, 0.1) is 6.26 Å². The maximum atomic E-state index is 11.8. The molecular weight excluding hydrogens is 220 g/mol. The lowest BCUT2D eigenvalue weighted by Gasteiger charge is -2.19. The summed E-state index contributed by atoms with van der Waals surface area (Å²) in [5, 5.41) is 0. The van der Waals surface area contributed by atoms with Gasteiger partial charge in [0.25, 0.3) is 0 Å². The van der Waals surface area contributed by atoms with Crippen molar-refractivity contribution in [3.63, 3.8) is 0 Å². The van der Waals surface area contributed by atoms with Gasteiger partial charge in [0.2, 0.25) is 0 Å². The van der Waals surface area contributed by atoms with Gasteiger partial charge in [0.1, 0.15) is 16.9 Å². The van der Waals surface area contributed by atoms with Crippen LogP contribution in [0.4, 0.5) is 0 Å². The van der Waals surface area contributed by atoms with Crippen molar-refractivity contribution in [1.82, 2.24) is 0 Å². The van der Waals surface area contributed by atoms with Crippen molar-refractivity contribution in [3.8, 4) is 0 Å². The lowest BCUT2D eigenvalue weighted by atomic mass is 10.1. The Labute approximate surface area is 100 Å². The number of Topliss-reactive ketones (excluding diaryl/α,β-unsaturated/α-hetero) is 1. The zero-order chi connectivity index (χ0) is 13.1. The van der Waals surface area contributed by atoms with Crippen LogP contribution in [0.15, 0.2) is 28.4 Å². The highest BCUT2D eigenvalue weighted by Crippen LogP contribution is 2.14. The van der Waals surface area contributed by atoms with E-state index in [1.807, 2.05) is 0 Å². The minimum absolute atomic E-state index is 0.0186. The minimum atomic E-state index is -0.638. The van der Waals surface area contributed by atoms with Gasteiger partial charge in [0.15, 0.2) is 5.78 Å². The number of esters is 1. The van der Waals surface area contributed by atoms with Crippen molar-refractivity contribution >= 4 is 17.8 Å². The highest BCUT2D eigenvalue weighted by molar-refractivity contribution is 6.19. The van der Waals surface area contributed by atoms with Crippen molar-refractivity contribution in [2.45, 2.75) is 33.3 Å². The molecule has 0 amide bonds. The molecule has 17 heavy (non-hydrogen) atoms. The molecule has 0 atom stereocenters. The summed E-state index contributed by atoms with van der Waals surface area (Å²) in [6, 6.07) is 3.34. The summed E-state index contributed by atoms with van der Waals surface area (Å²) in [7, 11) is 0. The van der Waals surface area contributed by atoms with E-state index in [4.69, 9.17) is 9.15 Å². The maximum absolute atomic E-state index is 11.8. The van der Waals surface area contributed by atoms with Crippen LogP contribution in [-0.4, -0.2) is 17.4 Å². The maximum Gasteiger partial charge on any atom is 0.342 e. The number of ether oxygens (including phenoxy) is 1. The molecule has 4 heteroatoms. The molecule has 1 heterocycles. The molecule has 1 aromatic rings. The monoisotopic (exact) mass is 236 g/mol. The average Bonchev–Trinajstić information content (AvgIpc) is 2.62. The van der Waals surface area contributed by atoms with E-state index >= 15 is 0 Å². The largest absolute Gasteiger partial charge is 0.465 e. The lowest BCUT2D eigenvalue weighted by molar-refractivity contribution is -0.150. The van der Waals surface area contributed by atoms with Crippen LogP contribution in [0.2, 0.25) is 0 Å². The van der Waals surface area contributed by atoms with Gasteiger partial charge in [-0.2, -0.15) is 0 Å². The quantitative estimate of drug-likeness (QED) is 0.350. The van der Waals surface area contributed by atoms with Crippen molar-refractivity contribution in [2.75, 3.05) is 0 Å². The Morgan fingerprint density at radius 3 is 2.41 bits per heavy atom. The fourth-order valence-electron chi connectivity index (χ4n) is 1.15. The Hall–Kier alpha value is -1.84. The average molecular weight is 236 g/mol. The Balaban J connectivity index is 2.95. The van der Waals surface area contributed by atoms with E-state index in [0.29, 0.717) is 5.76 Å². The molecule has 0 aliphatic carbocycles. The normalized spacial score (nSPS) is 12.4. The van der Waals surface area contributed by atoms with Crippen LogP contribution >= 0.6 is 0 Å². The smallest absolute Gasteiger partial charge is 0.342 e. The van der Waals surface area contributed by atoms with Crippen LogP contribution in [-0.2, 0) is 14.3 Å². The summed E-state index contributed by atoms with van der Waals surface area (Å²) in [4.78, 5) is 23.2. The van der Waals surface area contributed by atoms with Crippen molar-refractivity contribution < 1.29 is 18.7 Å². The number of rotatable bonds is 3. The Bertz CT molecular complexity index is 432. The SMILES string of the molecule is CC(=O)C(=Cc1ccco1)C(=O)OC(C)(C)C. The van der Waals surface area contributed by atoms with Crippen LogP contribution in [0.5, 0.6) is 0 Å². The van der Waals surface area contributed by atoms with Gasteiger partial charge >= 0.3 is 5.97 Å². The summed E-state index contributed by atoms with van der Waals surface area (Å²) in [5.41, 5.74) is -0.649. The molecule has 0 saturated heterocycles. The first-order valence-corrected chi connectivity index (χ1v) is 5.29. The van der Waals surface area contributed by atoms with E-state index in [2.05, 4.69) is 0 Å². The van der Waals surface area contributed by atoms with Gasteiger partial charge in [-0.1, -0.05) is 0 Å². The second kappa shape index (κ2) is 4.99. The second-order valence-corrected chi connectivity index (χ2v) is 4.63. The van der Waals surface area contributed by atoms with Gasteiger partial charge in [-0.05, 0) is 45.9 Å². The Morgan fingerprint density at radius 2 is 2.00 bits per heavy atom. The molecule has 1 aromatic heterocycles. The number of furan rings is 1. The molecule has 0 aliphatic rings. The molecule has 0 aromatic carbocycles. The summed E-state index contributed by atoms with van der Waals surface area (Å²) < 4.78 is 10.2. The first kappa shape index (κ1) is 13.2. The van der Waals surface area contributed by atoms with E-state index in [0.717, 1.165) is 0 Å². The third kappa shape index (κ3) is 4.26. The van der Waals surface area contributed by atoms with Crippen molar-refractivity contribution in [2.24, 2.45) is 0 Å². The topological polar surface area (TPSA) is 56.5 Å². The molecule has 0 radical (unpaired) electrons. The molecular formula is C13H16O4. The summed E-state index contributed by atoms with van der Waals surface area (Å²) >= 11 is 0. The number of carbonyl (C=O) groups is 2. The highest BCUT2D eigenvalue weighted by Gasteiger charge is 2.22. The zero-order valence-corrected chi connectivity index (χ0v) is 10.4. The molecule has 4 nitrogen and oxygen atoms in total. The van der Waals surface area contributed by atoms with E-state index in [1.165, 1.54) is 19.3 Å². The molecule has 0 spiro atoms. The van der Waals surface area contributed by atoms with Crippen LogP contribution < -0.4 is 0 Å². The molecule has 92 valence electrons. The minimum Gasteiger partial charge on any atom is -0.465 e. The molecule has 0 saturated carbocycles. The molecule has 0 unspecified atom stereocenters. The summed E-state index contributed by atoms with van der Waals surface area (Å²) in [6.45, 7) is 6.55. The van der Waals surface area contributed by atoms with Gasteiger partial charge in [0, 0.05) is 0 Å². The molecule has 1 rings (SSSR count). The van der Waals surface area contributed by atoms with Gasteiger partial charge in [-0.15, -0.1) is 0 Å². The third-order valence-electron chi connectivity index (χ3n) is 1.83. The molecule has 0 aliphatic heterocycles. The van der Waals surface area contributed by atoms with Crippen LogP contribution in [0.1, 0.15) is 33.5 Å². The highest BCUT2D eigenvalue weighted by atomic mass is 16.6. The lowest BCUT2D eigenvalue weighted by Crippen LogP contribution is -2.26. The van der Waals surface area contributed by atoms with Crippen molar-refractivity contribution in [3.05, 3.63) is 29.7 Å². The molecule has 0 bridgehead atoms. The first-order chi connectivity index (χ1) is 7.79. The second-order valence-electron chi connectivity index (χ2n) is 4.63. The number of ketones is 1. The van der Waals surface area contributed by atoms with Gasteiger partial charge < -0.3 is 9.15 Å². The van der Waals surface area contributed by atoms with Crippen LogP contribution in [0.3, 0.4) is 0 Å². The number of hydrogen-bond donors (Lipinski definition) is 0. The molecule has 0 N–H and O–H groups in total. The van der Waals surface area contributed by atoms with Gasteiger partial charge in [-0.3, -0.25) is 4.79 Å². The van der Waals surface area contributed by atoms with E-state index in [1.54, 1.807) is 32.9 Å². The number of carbonyl (C=O) groups excluding carboxylic acids is 2. The Morgan fingerprint density at radius 1 is 1.35 bits per heavy atom.